The number of hydrogen-bond donors (Lipinski definition) is 3. The Labute approximate surface area is 231 Å². The molecule has 0 aliphatic carbocycles. The number of nitrogens with two attached hydrogens (primary N) is 1. The average molecular weight is 561 g/mol. The highest BCUT2D eigenvalue weighted by atomic mass is 32.1. The first-order valence-corrected chi connectivity index (χ1v) is 14.4. The number of nitrogens with zero attached hydrogens (tertiary/aromatic N) is 4. The van der Waals surface area contributed by atoms with E-state index in [1.54, 1.807) is 12.1 Å². The molecule has 0 saturated carbocycles. The topological polar surface area (TPSA) is 124 Å². The largest absolute Gasteiger partial charge is 0.388 e. The highest BCUT2D eigenvalue weighted by Gasteiger charge is 2.51. The van der Waals surface area contributed by atoms with Crippen molar-refractivity contribution in [3.8, 4) is 11.3 Å². The number of likely N-dealkylation sites (tertiary alicyclic amines) is 1. The summed E-state index contributed by atoms with van der Waals surface area (Å²) in [5, 5.41) is 15.9. The molecule has 5 rings (SSSR count). The number of benzene rings is 1. The molecule has 12 heteroatoms. The van der Waals surface area contributed by atoms with E-state index in [-0.39, 0.29) is 30.5 Å². The quantitative estimate of drug-likeness (QED) is 0.461. The number of amides is 2. The van der Waals surface area contributed by atoms with Crippen LogP contribution in [0.25, 0.3) is 11.3 Å². The van der Waals surface area contributed by atoms with Gasteiger partial charge in [-0.3, -0.25) is 9.59 Å². The molecule has 4 heterocycles. The molecule has 39 heavy (non-hydrogen) atoms. The number of rotatable bonds is 7. The molecule has 1 aromatic carbocycles. The second-order valence-electron chi connectivity index (χ2n) is 11.2. The Balaban J connectivity index is 1.29. The number of carbonyl (C=O) groups excluding carboxylic acids is 2. The molecule has 0 spiro atoms. The van der Waals surface area contributed by atoms with Gasteiger partial charge in [-0.25, -0.2) is 9.37 Å². The zero-order chi connectivity index (χ0) is 27.8. The first kappa shape index (κ1) is 27.9. The normalized spacial score (nSPS) is 26.2. The van der Waals surface area contributed by atoms with E-state index in [4.69, 9.17) is 10.5 Å². The van der Waals surface area contributed by atoms with Crippen LogP contribution < -0.4 is 16.0 Å². The average Bonchev–Trinajstić information content (AvgIpc) is 3.61. The number of aliphatic hydroxyl groups is 1. The third-order valence-electron chi connectivity index (χ3n) is 7.75. The summed E-state index contributed by atoms with van der Waals surface area (Å²) in [5.41, 5.74) is 7.14. The van der Waals surface area contributed by atoms with Gasteiger partial charge >= 0.3 is 0 Å². The second kappa shape index (κ2) is 11.5. The molecule has 5 atom stereocenters. The van der Waals surface area contributed by atoms with Crippen LogP contribution in [0, 0.1) is 11.7 Å². The van der Waals surface area contributed by atoms with Crippen molar-refractivity contribution in [1.29, 1.82) is 0 Å². The van der Waals surface area contributed by atoms with Gasteiger partial charge in [-0.1, -0.05) is 13.8 Å². The number of piperazine rings is 1. The Hall–Kier alpha value is -2.64. The molecule has 10 nitrogen and oxygen atoms in total. The molecular weight excluding hydrogens is 523 g/mol. The van der Waals surface area contributed by atoms with Gasteiger partial charge in [0, 0.05) is 49.2 Å². The number of aliphatic hydroxyl groups excluding tert-OH is 1. The van der Waals surface area contributed by atoms with Crippen LogP contribution in [0.3, 0.4) is 0 Å². The van der Waals surface area contributed by atoms with Crippen LogP contribution in [0.4, 0.5) is 9.52 Å². The van der Waals surface area contributed by atoms with Crippen molar-refractivity contribution in [2.75, 3.05) is 51.3 Å². The molecule has 4 N–H and O–H groups in total. The van der Waals surface area contributed by atoms with Crippen LogP contribution in [0.5, 0.6) is 0 Å². The SMILES string of the molecule is CC(C)C[C@H](NC(=O)c1ccc(-c2csc(N3CCN(C)CC3)n2)c(F)c1)C(=O)N1C[C@@H](N)[C@H]2OC[C@H](O)[C@H]21. The first-order chi connectivity index (χ1) is 18.6. The Bertz CT molecular complexity index is 1200. The summed E-state index contributed by atoms with van der Waals surface area (Å²) in [7, 11) is 2.09. The second-order valence-corrected chi connectivity index (χ2v) is 12.0. The lowest BCUT2D eigenvalue weighted by molar-refractivity contribution is -0.136. The van der Waals surface area contributed by atoms with Crippen molar-refractivity contribution >= 4 is 28.3 Å². The van der Waals surface area contributed by atoms with Crippen molar-refractivity contribution in [3.63, 3.8) is 0 Å². The van der Waals surface area contributed by atoms with Crippen molar-refractivity contribution in [1.82, 2.24) is 20.1 Å². The molecule has 0 bridgehead atoms. The first-order valence-electron chi connectivity index (χ1n) is 13.5. The van der Waals surface area contributed by atoms with Crippen molar-refractivity contribution in [2.24, 2.45) is 11.7 Å². The molecule has 3 aliphatic rings. The Morgan fingerprint density at radius 1 is 1.28 bits per heavy atom. The van der Waals surface area contributed by atoms with E-state index in [2.05, 4.69) is 27.1 Å². The summed E-state index contributed by atoms with van der Waals surface area (Å²) in [6.07, 6.45) is -0.866. The van der Waals surface area contributed by atoms with E-state index in [1.165, 1.54) is 22.3 Å². The van der Waals surface area contributed by atoms with Crippen LogP contribution in [0.15, 0.2) is 23.6 Å². The number of anilines is 1. The van der Waals surface area contributed by atoms with E-state index in [0.29, 0.717) is 17.7 Å². The standard InChI is InChI=1S/C27H37FN6O4S/c1-15(2)10-20(26(37)34-12-19(29)24-23(34)22(35)13-38-24)30-25(36)16-4-5-17(18(28)11-16)21-14-39-27(31-21)33-8-6-32(3)7-9-33/h4-5,11,14-15,19-20,22-24,35H,6-10,12-13,29H2,1-3H3,(H,30,36)/t19-,20+,22+,23-,24-/m1/s1. The summed E-state index contributed by atoms with van der Waals surface area (Å²) >= 11 is 1.48. The predicted molar refractivity (Wildman–Crippen MR) is 147 cm³/mol. The molecule has 1 aromatic heterocycles. The van der Waals surface area contributed by atoms with Gasteiger partial charge in [-0.05, 0) is 37.6 Å². The fourth-order valence-corrected chi connectivity index (χ4v) is 6.49. The number of hydrogen-bond acceptors (Lipinski definition) is 9. The zero-order valence-electron chi connectivity index (χ0n) is 22.5. The Morgan fingerprint density at radius 3 is 2.72 bits per heavy atom. The van der Waals surface area contributed by atoms with Crippen LogP contribution in [0.1, 0.15) is 30.6 Å². The zero-order valence-corrected chi connectivity index (χ0v) is 23.4. The van der Waals surface area contributed by atoms with E-state index >= 15 is 4.39 Å². The molecule has 212 valence electrons. The van der Waals surface area contributed by atoms with E-state index in [1.807, 2.05) is 19.2 Å². The lowest BCUT2D eigenvalue weighted by Crippen LogP contribution is -2.53. The molecule has 2 amide bonds. The van der Waals surface area contributed by atoms with Gasteiger partial charge in [0.1, 0.15) is 18.0 Å². The highest BCUT2D eigenvalue weighted by molar-refractivity contribution is 7.14. The van der Waals surface area contributed by atoms with Gasteiger partial charge in [0.2, 0.25) is 5.91 Å². The van der Waals surface area contributed by atoms with Gasteiger partial charge < -0.3 is 35.6 Å². The number of fused-ring (bicyclic) bond motifs is 1. The number of likely N-dealkylation sites (N-methyl/N-ethyl adjacent to an activating group) is 1. The number of thiazole rings is 1. The van der Waals surface area contributed by atoms with Gasteiger partial charge in [0.05, 0.1) is 30.5 Å². The fourth-order valence-electron chi connectivity index (χ4n) is 5.61. The third-order valence-corrected chi connectivity index (χ3v) is 8.65. The van der Waals surface area contributed by atoms with E-state index in [0.717, 1.165) is 31.3 Å². The molecule has 3 saturated heterocycles. The Morgan fingerprint density at radius 2 is 2.03 bits per heavy atom. The van der Waals surface area contributed by atoms with E-state index < -0.39 is 42.1 Å². The number of carbonyl (C=O) groups is 2. The number of halogens is 1. The minimum absolute atomic E-state index is 0.106. The maximum absolute atomic E-state index is 15.2. The van der Waals surface area contributed by atoms with Crippen molar-refractivity contribution in [2.45, 2.75) is 50.6 Å². The Kier molecular flexibility index (Phi) is 8.20. The molecular formula is C27H37FN6O4S. The summed E-state index contributed by atoms with van der Waals surface area (Å²) in [5.74, 6) is -1.31. The van der Waals surface area contributed by atoms with Crippen LogP contribution in [-0.2, 0) is 9.53 Å². The number of nitrogens with one attached hydrogen (secondary N) is 1. The minimum atomic E-state index is -0.844. The summed E-state index contributed by atoms with van der Waals surface area (Å²) in [4.78, 5) is 37.4. The van der Waals surface area contributed by atoms with Gasteiger partial charge in [0.25, 0.3) is 5.91 Å². The lowest BCUT2D eigenvalue weighted by Gasteiger charge is -2.32. The van der Waals surface area contributed by atoms with Gasteiger partial charge in [-0.2, -0.15) is 0 Å². The highest BCUT2D eigenvalue weighted by Crippen LogP contribution is 2.31. The maximum Gasteiger partial charge on any atom is 0.252 e. The van der Waals surface area contributed by atoms with Crippen LogP contribution in [-0.4, -0.2) is 108 Å². The van der Waals surface area contributed by atoms with Crippen LogP contribution in [0.2, 0.25) is 0 Å². The summed E-state index contributed by atoms with van der Waals surface area (Å²) < 4.78 is 20.8. The van der Waals surface area contributed by atoms with Crippen molar-refractivity contribution < 1.29 is 23.8 Å². The smallest absolute Gasteiger partial charge is 0.252 e. The minimum Gasteiger partial charge on any atom is -0.388 e. The maximum atomic E-state index is 15.2. The molecule has 3 fully saturated rings. The van der Waals surface area contributed by atoms with Gasteiger partial charge in [-0.15, -0.1) is 11.3 Å². The number of ether oxygens (including phenoxy) is 1. The molecule has 0 radical (unpaired) electrons. The predicted octanol–water partition coefficient (Wildman–Crippen LogP) is 1.14. The molecule has 3 aliphatic heterocycles. The van der Waals surface area contributed by atoms with E-state index in [9.17, 15) is 14.7 Å². The summed E-state index contributed by atoms with van der Waals surface area (Å²) in [6.45, 7) is 7.92. The number of aromatic nitrogens is 1. The van der Waals surface area contributed by atoms with Crippen molar-refractivity contribution in [3.05, 3.63) is 35.0 Å². The third kappa shape index (κ3) is 5.80. The molecule has 2 aromatic rings. The summed E-state index contributed by atoms with van der Waals surface area (Å²) in [6, 6.07) is 2.51. The fraction of sp³-hybridized carbons (Fsp3) is 0.593. The molecule has 0 unspecified atom stereocenters. The van der Waals surface area contributed by atoms with Crippen LogP contribution >= 0.6 is 11.3 Å². The monoisotopic (exact) mass is 560 g/mol. The lowest BCUT2D eigenvalue weighted by atomic mass is 10.0. The van der Waals surface area contributed by atoms with Gasteiger partial charge in [0.15, 0.2) is 5.13 Å².